The predicted octanol–water partition coefficient (Wildman–Crippen LogP) is 2.34. The van der Waals surface area contributed by atoms with Crippen LogP contribution in [0.25, 0.3) is 0 Å². The van der Waals surface area contributed by atoms with E-state index in [2.05, 4.69) is 39.6 Å². The molecule has 1 aromatic carbocycles. The van der Waals surface area contributed by atoms with Gasteiger partial charge in [-0.3, -0.25) is 4.68 Å². The van der Waals surface area contributed by atoms with Crippen molar-refractivity contribution in [3.8, 4) is 0 Å². The lowest BCUT2D eigenvalue weighted by atomic mass is 10.1. The first-order valence-corrected chi connectivity index (χ1v) is 7.77. The summed E-state index contributed by atoms with van der Waals surface area (Å²) in [4.78, 5) is 4.43. The summed E-state index contributed by atoms with van der Waals surface area (Å²) in [5, 5.41) is 11.7. The molecule has 0 saturated carbocycles. The fourth-order valence-electron chi connectivity index (χ4n) is 2.39. The highest BCUT2D eigenvalue weighted by molar-refractivity contribution is 5.18. The van der Waals surface area contributed by atoms with Crippen LogP contribution in [0.5, 0.6) is 0 Å². The van der Waals surface area contributed by atoms with Crippen LogP contribution in [0.3, 0.4) is 0 Å². The summed E-state index contributed by atoms with van der Waals surface area (Å²) in [7, 11) is 0. The van der Waals surface area contributed by atoms with E-state index in [-0.39, 0.29) is 6.04 Å². The average Bonchev–Trinajstić information content (AvgIpc) is 3.15. The van der Waals surface area contributed by atoms with Crippen LogP contribution in [0, 0.1) is 6.92 Å². The molecule has 6 nitrogen and oxygen atoms in total. The summed E-state index contributed by atoms with van der Waals surface area (Å²) in [6.45, 7) is 5.51. The number of nitrogens with zero attached hydrogens (tertiary/aromatic N) is 4. The molecule has 1 atom stereocenters. The Bertz CT molecular complexity index is 734. The van der Waals surface area contributed by atoms with Crippen LogP contribution in [-0.2, 0) is 19.5 Å². The molecular weight excluding hydrogens is 290 g/mol. The van der Waals surface area contributed by atoms with Gasteiger partial charge in [0.1, 0.15) is 0 Å². The number of benzene rings is 1. The number of hydrogen-bond donors (Lipinski definition) is 1. The van der Waals surface area contributed by atoms with Gasteiger partial charge in [0.25, 0.3) is 0 Å². The zero-order chi connectivity index (χ0) is 16.1. The van der Waals surface area contributed by atoms with Gasteiger partial charge in [-0.2, -0.15) is 10.1 Å². The predicted molar refractivity (Wildman–Crippen MR) is 86.8 cm³/mol. The first-order chi connectivity index (χ1) is 11.2. The van der Waals surface area contributed by atoms with Gasteiger partial charge in [-0.25, -0.2) is 0 Å². The quantitative estimate of drug-likeness (QED) is 0.725. The van der Waals surface area contributed by atoms with Gasteiger partial charge in [0.05, 0.1) is 19.3 Å². The summed E-state index contributed by atoms with van der Waals surface area (Å²) in [6, 6.07) is 10.4. The normalized spacial score (nSPS) is 12.4. The van der Waals surface area contributed by atoms with Crippen molar-refractivity contribution in [2.75, 3.05) is 0 Å². The highest BCUT2D eigenvalue weighted by Crippen LogP contribution is 2.06. The van der Waals surface area contributed by atoms with Gasteiger partial charge in [-0.15, -0.1) is 0 Å². The summed E-state index contributed by atoms with van der Waals surface area (Å²) >= 11 is 0. The third-order valence-corrected chi connectivity index (χ3v) is 3.54. The number of hydrogen-bond acceptors (Lipinski definition) is 5. The summed E-state index contributed by atoms with van der Waals surface area (Å²) < 4.78 is 7.23. The Balaban J connectivity index is 1.49. The van der Waals surface area contributed by atoms with Crippen molar-refractivity contribution in [2.45, 2.75) is 39.4 Å². The Morgan fingerprint density at radius 3 is 2.83 bits per heavy atom. The van der Waals surface area contributed by atoms with Crippen molar-refractivity contribution in [1.82, 2.24) is 25.2 Å². The van der Waals surface area contributed by atoms with Gasteiger partial charge >= 0.3 is 0 Å². The van der Waals surface area contributed by atoms with E-state index in [1.807, 2.05) is 42.2 Å². The number of nitrogens with one attached hydrogen (secondary N) is 1. The molecule has 3 aromatic rings. The summed E-state index contributed by atoms with van der Waals surface area (Å²) in [5.74, 6) is 1.32. The zero-order valence-electron chi connectivity index (χ0n) is 13.4. The maximum absolute atomic E-state index is 5.30. The van der Waals surface area contributed by atoms with Crippen LogP contribution in [-0.4, -0.2) is 26.0 Å². The molecule has 0 aliphatic rings. The second-order valence-electron chi connectivity index (χ2n) is 5.79. The molecule has 0 aliphatic heterocycles. The van der Waals surface area contributed by atoms with E-state index >= 15 is 0 Å². The lowest BCUT2D eigenvalue weighted by Crippen LogP contribution is -2.30. The molecule has 0 spiro atoms. The maximum atomic E-state index is 5.30. The molecule has 2 heterocycles. The Morgan fingerprint density at radius 2 is 2.09 bits per heavy atom. The molecule has 1 unspecified atom stereocenters. The fraction of sp³-hybridized carbons (Fsp3) is 0.353. The van der Waals surface area contributed by atoms with Crippen LogP contribution in [0.4, 0.5) is 0 Å². The van der Waals surface area contributed by atoms with E-state index in [0.29, 0.717) is 24.7 Å². The Kier molecular flexibility index (Phi) is 4.83. The van der Waals surface area contributed by atoms with Crippen LogP contribution < -0.4 is 5.32 Å². The summed E-state index contributed by atoms with van der Waals surface area (Å²) in [6.07, 6.45) is 4.58. The van der Waals surface area contributed by atoms with Crippen molar-refractivity contribution in [2.24, 2.45) is 0 Å². The molecule has 0 amide bonds. The third-order valence-electron chi connectivity index (χ3n) is 3.54. The largest absolute Gasteiger partial charge is 0.338 e. The van der Waals surface area contributed by atoms with Gasteiger partial charge in [0.15, 0.2) is 5.82 Å². The van der Waals surface area contributed by atoms with Crippen molar-refractivity contribution in [3.05, 3.63) is 65.6 Å². The maximum Gasteiger partial charge on any atom is 0.240 e. The smallest absolute Gasteiger partial charge is 0.240 e. The topological polar surface area (TPSA) is 68.8 Å². The van der Waals surface area contributed by atoms with Crippen LogP contribution in [0.1, 0.15) is 29.8 Å². The van der Waals surface area contributed by atoms with Crippen molar-refractivity contribution in [3.63, 3.8) is 0 Å². The molecule has 0 saturated heterocycles. The SMILES string of the molecule is Cc1cnn(CC(C)NCc2nc(Cc3ccccc3)no2)c1. The molecule has 120 valence electrons. The summed E-state index contributed by atoms with van der Waals surface area (Å²) in [5.41, 5.74) is 2.34. The zero-order valence-corrected chi connectivity index (χ0v) is 13.4. The average molecular weight is 311 g/mol. The molecular formula is C17H21N5O. The van der Waals surface area contributed by atoms with Gasteiger partial charge in [0.2, 0.25) is 5.89 Å². The van der Waals surface area contributed by atoms with Crippen molar-refractivity contribution in [1.29, 1.82) is 0 Å². The standard InChI is InChI=1S/C17H21N5O/c1-13-9-19-22(11-13)12-14(2)18-10-17-20-16(21-23-17)8-15-6-4-3-5-7-15/h3-7,9,11,14,18H,8,10,12H2,1-2H3. The van der Waals surface area contributed by atoms with Crippen molar-refractivity contribution < 1.29 is 4.52 Å². The molecule has 3 rings (SSSR count). The number of rotatable bonds is 7. The third kappa shape index (κ3) is 4.50. The molecule has 0 aliphatic carbocycles. The van der Waals surface area contributed by atoms with E-state index in [0.717, 1.165) is 6.54 Å². The Labute approximate surface area is 135 Å². The van der Waals surface area contributed by atoms with E-state index in [1.54, 1.807) is 0 Å². The second-order valence-corrected chi connectivity index (χ2v) is 5.79. The van der Waals surface area contributed by atoms with E-state index < -0.39 is 0 Å². The minimum atomic E-state index is 0.263. The minimum absolute atomic E-state index is 0.263. The molecule has 23 heavy (non-hydrogen) atoms. The second kappa shape index (κ2) is 7.19. The van der Waals surface area contributed by atoms with Crippen LogP contribution in [0.2, 0.25) is 0 Å². The van der Waals surface area contributed by atoms with Crippen molar-refractivity contribution >= 4 is 0 Å². The van der Waals surface area contributed by atoms with E-state index in [9.17, 15) is 0 Å². The molecule has 6 heteroatoms. The van der Waals surface area contributed by atoms with Gasteiger partial charge in [0, 0.05) is 18.7 Å². The number of aromatic nitrogens is 4. The van der Waals surface area contributed by atoms with Crippen LogP contribution in [0.15, 0.2) is 47.2 Å². The number of aryl methyl sites for hydroxylation is 1. The van der Waals surface area contributed by atoms with E-state index in [1.165, 1.54) is 11.1 Å². The lowest BCUT2D eigenvalue weighted by Gasteiger charge is -2.11. The van der Waals surface area contributed by atoms with Crippen LogP contribution >= 0.6 is 0 Å². The molecule has 0 radical (unpaired) electrons. The molecule has 0 bridgehead atoms. The molecule has 1 N–H and O–H groups in total. The first-order valence-electron chi connectivity index (χ1n) is 7.77. The van der Waals surface area contributed by atoms with Gasteiger partial charge in [-0.1, -0.05) is 35.5 Å². The monoisotopic (exact) mass is 311 g/mol. The molecule has 2 aromatic heterocycles. The minimum Gasteiger partial charge on any atom is -0.338 e. The Hall–Kier alpha value is -2.47. The molecule has 0 fully saturated rings. The highest BCUT2D eigenvalue weighted by atomic mass is 16.5. The van der Waals surface area contributed by atoms with Gasteiger partial charge < -0.3 is 9.84 Å². The van der Waals surface area contributed by atoms with E-state index in [4.69, 9.17) is 4.52 Å². The Morgan fingerprint density at radius 1 is 1.26 bits per heavy atom. The van der Waals surface area contributed by atoms with Gasteiger partial charge in [-0.05, 0) is 25.0 Å². The highest BCUT2D eigenvalue weighted by Gasteiger charge is 2.09. The first kappa shape index (κ1) is 15.4. The lowest BCUT2D eigenvalue weighted by molar-refractivity contribution is 0.347. The fourth-order valence-corrected chi connectivity index (χ4v) is 2.39.